The minimum Gasteiger partial charge on any atom is -0.488 e. The number of hydrogen-bond acceptors (Lipinski definition) is 3. The molecule has 2 heterocycles. The number of carboxylic acids is 1. The van der Waals surface area contributed by atoms with E-state index in [4.69, 9.17) is 9.84 Å². The molecule has 0 amide bonds. The highest BCUT2D eigenvalue weighted by molar-refractivity contribution is 5.81. The summed E-state index contributed by atoms with van der Waals surface area (Å²) in [6, 6.07) is 11.9. The van der Waals surface area contributed by atoms with Gasteiger partial charge in [-0.05, 0) is 67.0 Å². The van der Waals surface area contributed by atoms with Crippen LogP contribution in [0.25, 0.3) is 17.3 Å². The summed E-state index contributed by atoms with van der Waals surface area (Å²) in [4.78, 5) is 15.0. The Morgan fingerprint density at radius 3 is 2.81 bits per heavy atom. The maximum atomic E-state index is 10.6. The van der Waals surface area contributed by atoms with E-state index in [1.54, 1.807) is 19.2 Å². The van der Waals surface area contributed by atoms with Crippen LogP contribution >= 0.6 is 0 Å². The maximum absolute atomic E-state index is 10.6. The zero-order valence-electron chi connectivity index (χ0n) is 15.3. The molecule has 1 N–H and O–H groups in total. The van der Waals surface area contributed by atoms with E-state index in [-0.39, 0.29) is 0 Å². The standard InChI is InChI=1S/C23H21NO3/c1-16(12-23(25)26)6-5-7-17(2)20-14-19-13-18(9-10-22(19)27-15-20)21-8-3-4-11-24-21/h3-14H,15H2,1-2H3,(H,25,26)/b6-5+,16-12+,17-7-. The number of aromatic nitrogens is 1. The lowest BCUT2D eigenvalue weighted by molar-refractivity contribution is -0.131. The van der Waals surface area contributed by atoms with E-state index >= 15 is 0 Å². The van der Waals surface area contributed by atoms with E-state index in [9.17, 15) is 4.79 Å². The summed E-state index contributed by atoms with van der Waals surface area (Å²) in [7, 11) is 0. The topological polar surface area (TPSA) is 59.4 Å². The predicted molar refractivity (Wildman–Crippen MR) is 107 cm³/mol. The van der Waals surface area contributed by atoms with Gasteiger partial charge in [-0.3, -0.25) is 4.98 Å². The zero-order chi connectivity index (χ0) is 19.2. The number of nitrogens with zero attached hydrogens (tertiary/aromatic N) is 1. The first kappa shape index (κ1) is 18.4. The average molecular weight is 359 g/mol. The summed E-state index contributed by atoms with van der Waals surface area (Å²) in [5.41, 5.74) is 5.85. The van der Waals surface area contributed by atoms with Crippen LogP contribution in [0.5, 0.6) is 5.75 Å². The fourth-order valence-corrected chi connectivity index (χ4v) is 2.79. The molecule has 1 aliphatic rings. The van der Waals surface area contributed by atoms with Crippen LogP contribution in [0.2, 0.25) is 0 Å². The number of fused-ring (bicyclic) bond motifs is 1. The van der Waals surface area contributed by atoms with Gasteiger partial charge in [0.15, 0.2) is 0 Å². The summed E-state index contributed by atoms with van der Waals surface area (Å²) in [6.07, 6.45) is 10.7. The van der Waals surface area contributed by atoms with E-state index in [0.717, 1.165) is 33.7 Å². The van der Waals surface area contributed by atoms with Gasteiger partial charge in [0.05, 0.1) is 5.69 Å². The molecule has 0 spiro atoms. The third kappa shape index (κ3) is 4.82. The van der Waals surface area contributed by atoms with Crippen molar-refractivity contribution >= 4 is 12.0 Å². The Kier molecular flexibility index (Phi) is 5.67. The average Bonchev–Trinajstić information content (AvgIpc) is 2.67. The molecule has 4 nitrogen and oxygen atoms in total. The Balaban J connectivity index is 1.83. The first-order chi connectivity index (χ1) is 13.0. The monoisotopic (exact) mass is 359 g/mol. The predicted octanol–water partition coefficient (Wildman–Crippen LogP) is 5.06. The lowest BCUT2D eigenvalue weighted by Crippen LogP contribution is -2.08. The normalized spacial score (nSPS) is 14.5. The van der Waals surface area contributed by atoms with Crippen LogP contribution < -0.4 is 4.74 Å². The summed E-state index contributed by atoms with van der Waals surface area (Å²) >= 11 is 0. The molecule has 0 radical (unpaired) electrons. The second-order valence-electron chi connectivity index (χ2n) is 6.36. The number of rotatable bonds is 5. The molecule has 3 rings (SSSR count). The van der Waals surface area contributed by atoms with Crippen LogP contribution in [0.1, 0.15) is 19.4 Å². The van der Waals surface area contributed by atoms with Crippen molar-refractivity contribution in [1.82, 2.24) is 4.98 Å². The van der Waals surface area contributed by atoms with Gasteiger partial charge in [0.1, 0.15) is 12.4 Å². The highest BCUT2D eigenvalue weighted by atomic mass is 16.5. The third-order valence-electron chi connectivity index (χ3n) is 4.25. The lowest BCUT2D eigenvalue weighted by Gasteiger charge is -2.19. The van der Waals surface area contributed by atoms with Crippen LogP contribution in [0, 0.1) is 0 Å². The molecule has 27 heavy (non-hydrogen) atoms. The van der Waals surface area contributed by atoms with Crippen molar-refractivity contribution in [1.29, 1.82) is 0 Å². The first-order valence-corrected chi connectivity index (χ1v) is 8.68. The van der Waals surface area contributed by atoms with Gasteiger partial charge < -0.3 is 9.84 Å². The van der Waals surface area contributed by atoms with Crippen molar-refractivity contribution in [3.63, 3.8) is 0 Å². The smallest absolute Gasteiger partial charge is 0.328 e. The van der Waals surface area contributed by atoms with Gasteiger partial charge in [-0.15, -0.1) is 0 Å². The van der Waals surface area contributed by atoms with Gasteiger partial charge in [-0.1, -0.05) is 24.3 Å². The first-order valence-electron chi connectivity index (χ1n) is 8.68. The molecule has 0 atom stereocenters. The zero-order valence-corrected chi connectivity index (χ0v) is 15.3. The summed E-state index contributed by atoms with van der Waals surface area (Å²) in [5.74, 6) is -0.0800. The molecule has 0 saturated heterocycles. The van der Waals surface area contributed by atoms with E-state index in [2.05, 4.69) is 17.1 Å². The van der Waals surface area contributed by atoms with Gasteiger partial charge in [0, 0.05) is 23.4 Å². The van der Waals surface area contributed by atoms with Crippen molar-refractivity contribution in [2.45, 2.75) is 13.8 Å². The molecule has 0 aliphatic carbocycles. The van der Waals surface area contributed by atoms with Gasteiger partial charge >= 0.3 is 5.97 Å². The number of carbonyl (C=O) groups is 1. The molecule has 0 bridgehead atoms. The fourth-order valence-electron chi connectivity index (χ4n) is 2.79. The summed E-state index contributed by atoms with van der Waals surface area (Å²) < 4.78 is 5.89. The molecule has 1 aromatic carbocycles. The second-order valence-corrected chi connectivity index (χ2v) is 6.36. The van der Waals surface area contributed by atoms with Crippen LogP contribution in [0.3, 0.4) is 0 Å². The Bertz CT molecular complexity index is 966. The largest absolute Gasteiger partial charge is 0.488 e. The van der Waals surface area contributed by atoms with E-state index < -0.39 is 5.97 Å². The second kappa shape index (κ2) is 8.32. The third-order valence-corrected chi connectivity index (χ3v) is 4.25. The van der Waals surface area contributed by atoms with Gasteiger partial charge in [-0.2, -0.15) is 0 Å². The molecular weight excluding hydrogens is 338 g/mol. The quantitative estimate of drug-likeness (QED) is 0.599. The molecule has 2 aromatic rings. The van der Waals surface area contributed by atoms with Crippen LogP contribution in [-0.2, 0) is 4.79 Å². The number of benzene rings is 1. The van der Waals surface area contributed by atoms with Gasteiger partial charge in [0.2, 0.25) is 0 Å². The lowest BCUT2D eigenvalue weighted by atomic mass is 9.99. The Morgan fingerprint density at radius 1 is 1.22 bits per heavy atom. The molecule has 1 aromatic heterocycles. The minimum atomic E-state index is -0.943. The summed E-state index contributed by atoms with van der Waals surface area (Å²) in [6.45, 7) is 4.28. The van der Waals surface area contributed by atoms with Crippen molar-refractivity contribution in [3.05, 3.63) is 89.2 Å². The Morgan fingerprint density at radius 2 is 2.07 bits per heavy atom. The highest BCUT2D eigenvalue weighted by Crippen LogP contribution is 2.32. The van der Waals surface area contributed by atoms with Crippen LogP contribution in [0.4, 0.5) is 0 Å². The molecule has 0 fully saturated rings. The number of carboxylic acid groups (broad SMARTS) is 1. The number of pyridine rings is 1. The molecule has 4 heteroatoms. The minimum absolute atomic E-state index is 0.510. The Labute approximate surface area is 158 Å². The van der Waals surface area contributed by atoms with Crippen molar-refractivity contribution < 1.29 is 14.6 Å². The number of ether oxygens (including phenoxy) is 1. The van der Waals surface area contributed by atoms with Crippen molar-refractivity contribution in [2.75, 3.05) is 6.61 Å². The number of allylic oxidation sites excluding steroid dienone is 4. The molecule has 136 valence electrons. The SMILES string of the molecule is C/C(=C/C=C/C(C)=C/C(=O)O)C1=Cc2cc(-c3ccccn3)ccc2OC1. The van der Waals surface area contributed by atoms with Crippen molar-refractivity contribution in [2.24, 2.45) is 0 Å². The summed E-state index contributed by atoms with van der Waals surface area (Å²) in [5, 5.41) is 8.74. The van der Waals surface area contributed by atoms with E-state index in [1.165, 1.54) is 6.08 Å². The van der Waals surface area contributed by atoms with Crippen LogP contribution in [0.15, 0.2) is 83.6 Å². The molecular formula is C23H21NO3. The molecule has 0 unspecified atom stereocenters. The van der Waals surface area contributed by atoms with Crippen molar-refractivity contribution in [3.8, 4) is 17.0 Å². The highest BCUT2D eigenvalue weighted by Gasteiger charge is 2.13. The fraction of sp³-hybridized carbons (Fsp3) is 0.130. The number of aliphatic carboxylic acids is 1. The van der Waals surface area contributed by atoms with Crippen LogP contribution in [-0.4, -0.2) is 22.7 Å². The van der Waals surface area contributed by atoms with Gasteiger partial charge in [-0.25, -0.2) is 4.79 Å². The molecule has 0 saturated carbocycles. The maximum Gasteiger partial charge on any atom is 0.328 e. The van der Waals surface area contributed by atoms with Gasteiger partial charge in [0.25, 0.3) is 0 Å². The van der Waals surface area contributed by atoms with E-state index in [1.807, 2.05) is 49.4 Å². The van der Waals surface area contributed by atoms with E-state index in [0.29, 0.717) is 12.2 Å². The number of hydrogen-bond donors (Lipinski definition) is 1. The Hall–Kier alpha value is -3.40. The molecule has 1 aliphatic heterocycles.